The summed E-state index contributed by atoms with van der Waals surface area (Å²) in [6, 6.07) is 88.4. The zero-order valence-electron chi connectivity index (χ0n) is 34.0. The first-order valence-electron chi connectivity index (χ1n) is 21.3. The number of fused-ring (bicyclic) bond motifs is 8. The number of rotatable bonds is 7. The molecule has 2 nitrogen and oxygen atoms in total. The fourth-order valence-electron chi connectivity index (χ4n) is 9.66. The van der Waals surface area contributed by atoms with Gasteiger partial charge >= 0.3 is 0 Å². The summed E-state index contributed by atoms with van der Waals surface area (Å²) in [5.41, 5.74) is 14.1. The van der Waals surface area contributed by atoms with E-state index in [1.165, 1.54) is 82.0 Å². The molecule has 0 unspecified atom stereocenters. The maximum absolute atomic E-state index is 2.48. The van der Waals surface area contributed by atoms with Crippen molar-refractivity contribution >= 4 is 71.2 Å². The molecule has 2 heteroatoms. The molecule has 0 spiro atoms. The molecule has 12 rings (SSSR count). The van der Waals surface area contributed by atoms with Crippen molar-refractivity contribution in [3.05, 3.63) is 243 Å². The van der Waals surface area contributed by atoms with Gasteiger partial charge in [0.05, 0.1) is 11.0 Å². The number of anilines is 3. The number of hydrogen-bond donors (Lipinski definition) is 0. The molecule has 0 radical (unpaired) electrons. The third kappa shape index (κ3) is 5.96. The first-order chi connectivity index (χ1) is 30.8. The van der Waals surface area contributed by atoms with Gasteiger partial charge in [0, 0.05) is 38.9 Å². The maximum atomic E-state index is 2.48. The third-order valence-electron chi connectivity index (χ3n) is 12.5. The average Bonchev–Trinajstić information content (AvgIpc) is 3.70. The largest absolute Gasteiger partial charge is 0.310 e. The highest BCUT2D eigenvalue weighted by Gasteiger charge is 2.22. The molecule has 0 aliphatic rings. The van der Waals surface area contributed by atoms with Crippen LogP contribution in [0.25, 0.3) is 93.2 Å². The molecule has 62 heavy (non-hydrogen) atoms. The van der Waals surface area contributed by atoms with E-state index >= 15 is 0 Å². The Hall–Kier alpha value is -8.20. The van der Waals surface area contributed by atoms with Crippen LogP contribution in [0.15, 0.2) is 243 Å². The summed E-state index contributed by atoms with van der Waals surface area (Å²) in [6.45, 7) is 0. The van der Waals surface area contributed by atoms with Crippen molar-refractivity contribution in [1.82, 2.24) is 4.57 Å². The van der Waals surface area contributed by atoms with Crippen LogP contribution >= 0.6 is 0 Å². The van der Waals surface area contributed by atoms with Gasteiger partial charge < -0.3 is 9.47 Å². The quantitative estimate of drug-likeness (QED) is 0.146. The number of nitrogens with zero attached hydrogens (tertiary/aromatic N) is 2. The minimum absolute atomic E-state index is 1.09. The molecular formula is C60H40N2. The summed E-state index contributed by atoms with van der Waals surface area (Å²) in [4.78, 5) is 2.38. The van der Waals surface area contributed by atoms with Crippen molar-refractivity contribution in [3.8, 4) is 39.1 Å². The van der Waals surface area contributed by atoms with Gasteiger partial charge in [0.1, 0.15) is 0 Å². The zero-order valence-corrected chi connectivity index (χ0v) is 34.0. The van der Waals surface area contributed by atoms with E-state index in [-0.39, 0.29) is 0 Å². The van der Waals surface area contributed by atoms with Gasteiger partial charge in [-0.1, -0.05) is 182 Å². The van der Waals surface area contributed by atoms with Gasteiger partial charge in [0.2, 0.25) is 0 Å². The molecule has 290 valence electrons. The van der Waals surface area contributed by atoms with E-state index in [1.54, 1.807) is 0 Å². The van der Waals surface area contributed by atoms with E-state index in [1.807, 2.05) is 0 Å². The van der Waals surface area contributed by atoms with Crippen molar-refractivity contribution < 1.29 is 0 Å². The lowest BCUT2D eigenvalue weighted by molar-refractivity contribution is 1.18. The van der Waals surface area contributed by atoms with Crippen molar-refractivity contribution in [2.45, 2.75) is 0 Å². The highest BCUT2D eigenvalue weighted by Crippen LogP contribution is 2.46. The van der Waals surface area contributed by atoms with E-state index in [0.717, 1.165) is 28.3 Å². The summed E-state index contributed by atoms with van der Waals surface area (Å²) < 4.78 is 2.48. The Morgan fingerprint density at radius 2 is 0.774 bits per heavy atom. The van der Waals surface area contributed by atoms with Crippen molar-refractivity contribution in [3.63, 3.8) is 0 Å². The van der Waals surface area contributed by atoms with Gasteiger partial charge in [-0.25, -0.2) is 0 Å². The van der Waals surface area contributed by atoms with Crippen LogP contribution in [0, 0.1) is 0 Å². The van der Waals surface area contributed by atoms with Crippen molar-refractivity contribution in [2.75, 3.05) is 4.90 Å². The van der Waals surface area contributed by atoms with E-state index in [2.05, 4.69) is 252 Å². The number of aromatic nitrogens is 1. The molecule has 0 saturated carbocycles. The second-order valence-electron chi connectivity index (χ2n) is 16.1. The van der Waals surface area contributed by atoms with Gasteiger partial charge in [-0.2, -0.15) is 0 Å². The minimum atomic E-state index is 1.09. The molecule has 12 aromatic rings. The zero-order chi connectivity index (χ0) is 41.0. The molecular weight excluding hydrogens is 749 g/mol. The Morgan fingerprint density at radius 3 is 1.50 bits per heavy atom. The normalized spacial score (nSPS) is 11.5. The molecule has 0 bridgehead atoms. The van der Waals surface area contributed by atoms with Gasteiger partial charge in [-0.3, -0.25) is 0 Å². The van der Waals surface area contributed by atoms with E-state index < -0.39 is 0 Å². The monoisotopic (exact) mass is 788 g/mol. The Balaban J connectivity index is 1.07. The van der Waals surface area contributed by atoms with Crippen molar-refractivity contribution in [2.24, 2.45) is 0 Å². The number of para-hydroxylation sites is 2. The molecule has 1 aromatic heterocycles. The van der Waals surface area contributed by atoms with Gasteiger partial charge in [0.15, 0.2) is 0 Å². The topological polar surface area (TPSA) is 8.17 Å². The van der Waals surface area contributed by atoms with Crippen molar-refractivity contribution in [1.29, 1.82) is 0 Å². The van der Waals surface area contributed by atoms with Gasteiger partial charge in [0.25, 0.3) is 0 Å². The lowest BCUT2D eigenvalue weighted by Gasteiger charge is -2.26. The summed E-state index contributed by atoms with van der Waals surface area (Å²) in [5, 5.41) is 9.97. The average molecular weight is 789 g/mol. The second kappa shape index (κ2) is 14.8. The smallest absolute Gasteiger partial charge is 0.0625 e. The van der Waals surface area contributed by atoms with Crippen LogP contribution in [0.4, 0.5) is 17.1 Å². The molecule has 0 N–H and O–H groups in total. The van der Waals surface area contributed by atoms with E-state index in [0.29, 0.717) is 0 Å². The predicted molar refractivity (Wildman–Crippen MR) is 264 cm³/mol. The summed E-state index contributed by atoms with van der Waals surface area (Å²) in [6.07, 6.45) is 0. The highest BCUT2D eigenvalue weighted by molar-refractivity contribution is 6.24. The van der Waals surface area contributed by atoms with E-state index in [4.69, 9.17) is 0 Å². The highest BCUT2D eigenvalue weighted by atomic mass is 15.1. The van der Waals surface area contributed by atoms with Gasteiger partial charge in [-0.05, 0) is 121 Å². The Kier molecular flexibility index (Phi) is 8.53. The summed E-state index contributed by atoms with van der Waals surface area (Å²) >= 11 is 0. The molecule has 1 heterocycles. The standard InChI is InChI=1S/C60H40N2/c1-4-16-41(17-5-1)42-28-30-44(31-29-42)57-39-46-19-11-13-25-52(46)60-59(57)55-37-36-50(40-58(55)62(60)48-22-8-3-9-23-48)61(47-20-6-2-7-21-47)49-34-32-43(33-35-49)56-38-45-18-10-12-24-51(45)53-26-14-15-27-54(53)56/h1-40H. The molecule has 11 aromatic carbocycles. The van der Waals surface area contributed by atoms with Crippen LogP contribution < -0.4 is 4.90 Å². The van der Waals surface area contributed by atoms with Crippen LogP contribution in [0.3, 0.4) is 0 Å². The fourth-order valence-corrected chi connectivity index (χ4v) is 9.66. The Bertz CT molecular complexity index is 3590. The molecule has 0 aliphatic heterocycles. The van der Waals surface area contributed by atoms with Crippen LogP contribution in [0.5, 0.6) is 0 Å². The maximum Gasteiger partial charge on any atom is 0.0625 e. The van der Waals surface area contributed by atoms with Crippen LogP contribution in [0.1, 0.15) is 0 Å². The third-order valence-corrected chi connectivity index (χ3v) is 12.5. The number of benzene rings is 11. The van der Waals surface area contributed by atoms with Crippen LogP contribution in [0.2, 0.25) is 0 Å². The number of hydrogen-bond acceptors (Lipinski definition) is 1. The molecule has 0 atom stereocenters. The summed E-state index contributed by atoms with van der Waals surface area (Å²) in [7, 11) is 0. The lowest BCUT2D eigenvalue weighted by atomic mass is 9.93. The molecule has 0 saturated heterocycles. The first-order valence-corrected chi connectivity index (χ1v) is 21.3. The Labute approximate surface area is 360 Å². The van der Waals surface area contributed by atoms with Crippen LogP contribution in [-0.2, 0) is 0 Å². The molecule has 0 amide bonds. The SMILES string of the molecule is c1ccc(-c2ccc(-c3cc4ccccc4c4c3c3ccc(N(c5ccccc5)c5ccc(-c6cc7ccccc7c7ccccc67)cc5)cc3n4-c3ccccc3)cc2)cc1. The van der Waals surface area contributed by atoms with Crippen LogP contribution in [-0.4, -0.2) is 4.57 Å². The lowest BCUT2D eigenvalue weighted by Crippen LogP contribution is -2.10. The first kappa shape index (κ1) is 35.7. The minimum Gasteiger partial charge on any atom is -0.310 e. The predicted octanol–water partition coefficient (Wildman–Crippen LogP) is 16.7. The molecule has 0 fully saturated rings. The van der Waals surface area contributed by atoms with Gasteiger partial charge in [-0.15, -0.1) is 0 Å². The second-order valence-corrected chi connectivity index (χ2v) is 16.1. The summed E-state index contributed by atoms with van der Waals surface area (Å²) in [5.74, 6) is 0. The van der Waals surface area contributed by atoms with E-state index in [9.17, 15) is 0 Å². The Morgan fingerprint density at radius 1 is 0.290 bits per heavy atom. The fraction of sp³-hybridized carbons (Fsp3) is 0. The molecule has 0 aliphatic carbocycles.